The molecule has 3 rings (SSSR count). The Morgan fingerprint density at radius 1 is 0.787 bits per heavy atom. The van der Waals surface area contributed by atoms with Crippen LogP contribution in [0.2, 0.25) is 0 Å². The average molecular weight is 688 g/mol. The Bertz CT molecular complexity index is 1500. The van der Waals surface area contributed by atoms with E-state index in [1.54, 1.807) is 0 Å². The molecule has 1 aliphatic rings. The molecule has 14 N–H and O–H groups in total. The van der Waals surface area contributed by atoms with E-state index in [0.29, 0.717) is 6.42 Å². The van der Waals surface area contributed by atoms with Crippen LogP contribution in [0.15, 0.2) is 52.4 Å². The number of fused-ring (bicyclic) bond motifs is 1. The molecule has 4 atom stereocenters. The van der Waals surface area contributed by atoms with Crippen molar-refractivity contribution in [2.24, 2.45) is 38.7 Å². The molecule has 0 radical (unpaired) electrons. The molecule has 1 aliphatic heterocycles. The molecule has 0 unspecified atom stereocenters. The van der Waals surface area contributed by atoms with Crippen LogP contribution in [0, 0.1) is 0 Å². The summed E-state index contributed by atoms with van der Waals surface area (Å²) in [6.45, 7) is 0.194. The molecule has 2 aromatic rings. The molecular formula is C29H41N11O5S2. The fourth-order valence-corrected chi connectivity index (χ4v) is 6.90. The van der Waals surface area contributed by atoms with Crippen LogP contribution in [-0.2, 0) is 30.4 Å². The van der Waals surface area contributed by atoms with Gasteiger partial charge in [-0.1, -0.05) is 64.1 Å². The third-order valence-electron chi connectivity index (χ3n) is 6.96. The van der Waals surface area contributed by atoms with Crippen molar-refractivity contribution in [3.8, 4) is 0 Å². The number of nitrogens with two attached hydrogens (primary N) is 5. The number of rotatable bonds is 11. The van der Waals surface area contributed by atoms with Crippen molar-refractivity contribution < 1.29 is 24.0 Å². The van der Waals surface area contributed by atoms with Crippen molar-refractivity contribution in [3.63, 3.8) is 0 Å². The molecule has 1 heterocycles. The summed E-state index contributed by atoms with van der Waals surface area (Å²) in [4.78, 5) is 73.5. The Labute approximate surface area is 279 Å². The molecule has 0 aliphatic carbocycles. The molecule has 16 nitrogen and oxygen atoms in total. The lowest BCUT2D eigenvalue weighted by Gasteiger charge is -2.27. The number of nitrogens with zero attached hydrogens (tertiary/aromatic N) is 2. The third-order valence-corrected chi connectivity index (χ3v) is 9.38. The van der Waals surface area contributed by atoms with Crippen molar-refractivity contribution >= 4 is 73.8 Å². The summed E-state index contributed by atoms with van der Waals surface area (Å²) < 4.78 is 0. The van der Waals surface area contributed by atoms with Gasteiger partial charge in [-0.05, 0) is 29.2 Å². The number of aliphatic imine (C=N–C) groups is 2. The molecule has 254 valence electrons. The first-order valence-electron chi connectivity index (χ1n) is 14.8. The first-order valence-corrected chi connectivity index (χ1v) is 17.2. The zero-order valence-corrected chi connectivity index (χ0v) is 27.3. The second-order valence-corrected chi connectivity index (χ2v) is 13.2. The van der Waals surface area contributed by atoms with E-state index >= 15 is 0 Å². The second kappa shape index (κ2) is 18.4. The normalized spacial score (nSPS) is 20.9. The molecular weight excluding hydrogens is 647 g/mol. The van der Waals surface area contributed by atoms with Gasteiger partial charge in [-0.3, -0.25) is 34.0 Å². The Morgan fingerprint density at radius 2 is 1.43 bits per heavy atom. The number of amides is 5. The zero-order valence-electron chi connectivity index (χ0n) is 25.6. The smallest absolute Gasteiger partial charge is 0.244 e. The predicted octanol–water partition coefficient (Wildman–Crippen LogP) is -2.08. The fraction of sp³-hybridized carbons (Fsp3) is 0.414. The minimum absolute atomic E-state index is 0.0127. The average Bonchev–Trinajstić information content (AvgIpc) is 3.01. The van der Waals surface area contributed by atoms with Gasteiger partial charge in [-0.2, -0.15) is 0 Å². The minimum Gasteiger partial charge on any atom is -0.370 e. The van der Waals surface area contributed by atoms with Gasteiger partial charge in [0.1, 0.15) is 24.2 Å². The van der Waals surface area contributed by atoms with E-state index in [1.165, 1.54) is 21.6 Å². The topological polar surface area (TPSA) is 288 Å². The summed E-state index contributed by atoms with van der Waals surface area (Å²) in [6, 6.07) is 8.97. The van der Waals surface area contributed by atoms with E-state index in [0.717, 1.165) is 16.3 Å². The van der Waals surface area contributed by atoms with E-state index in [9.17, 15) is 24.0 Å². The quantitative estimate of drug-likeness (QED) is 0.0535. The van der Waals surface area contributed by atoms with Crippen LogP contribution in [-0.4, -0.2) is 90.2 Å². The third kappa shape index (κ3) is 12.5. The maximum Gasteiger partial charge on any atom is 0.244 e. The Hall–Kier alpha value is -4.71. The van der Waals surface area contributed by atoms with Crippen LogP contribution < -0.4 is 49.9 Å². The van der Waals surface area contributed by atoms with Crippen molar-refractivity contribution in [3.05, 3.63) is 48.0 Å². The summed E-state index contributed by atoms with van der Waals surface area (Å²) in [5, 5.41) is 12.7. The van der Waals surface area contributed by atoms with Crippen molar-refractivity contribution in [2.45, 2.75) is 49.9 Å². The van der Waals surface area contributed by atoms with E-state index in [1.807, 2.05) is 42.5 Å². The molecule has 47 heavy (non-hydrogen) atoms. The van der Waals surface area contributed by atoms with Crippen LogP contribution in [0.1, 0.15) is 24.8 Å². The first kappa shape index (κ1) is 36.8. The highest BCUT2D eigenvalue weighted by Crippen LogP contribution is 2.24. The summed E-state index contributed by atoms with van der Waals surface area (Å²) in [5.41, 5.74) is 27.9. The van der Waals surface area contributed by atoms with Gasteiger partial charge in [0, 0.05) is 30.9 Å². The maximum absolute atomic E-state index is 13.7. The van der Waals surface area contributed by atoms with Crippen molar-refractivity contribution in [1.82, 2.24) is 21.3 Å². The lowest BCUT2D eigenvalue weighted by atomic mass is 10.00. The number of guanidine groups is 2. The molecule has 0 bridgehead atoms. The van der Waals surface area contributed by atoms with Crippen LogP contribution >= 0.6 is 21.6 Å². The Kier molecular flexibility index (Phi) is 14.4. The highest BCUT2D eigenvalue weighted by molar-refractivity contribution is 8.76. The lowest BCUT2D eigenvalue weighted by molar-refractivity contribution is -0.134. The summed E-state index contributed by atoms with van der Waals surface area (Å²) in [7, 11) is 2.37. The van der Waals surface area contributed by atoms with Gasteiger partial charge in [-0.15, -0.1) is 0 Å². The Balaban J connectivity index is 1.90. The van der Waals surface area contributed by atoms with Gasteiger partial charge in [0.15, 0.2) is 11.9 Å². The first-order chi connectivity index (χ1) is 22.4. The molecule has 5 amide bonds. The summed E-state index contributed by atoms with van der Waals surface area (Å²) in [5.74, 6) is -3.33. The molecule has 0 aromatic heterocycles. The number of carbonyl (C=O) groups excluding carboxylic acids is 5. The molecule has 1 saturated heterocycles. The highest BCUT2D eigenvalue weighted by Gasteiger charge is 2.32. The monoisotopic (exact) mass is 687 g/mol. The number of benzene rings is 2. The van der Waals surface area contributed by atoms with Gasteiger partial charge in [0.2, 0.25) is 29.5 Å². The molecule has 1 fully saturated rings. The predicted molar refractivity (Wildman–Crippen MR) is 185 cm³/mol. The standard InChI is InChI=1S/C29H41N11O5S2/c30-24(42)21-14-46-47-15-22(37-23(41)9-11-36-29(33)34)27(45)38-19(6-3-10-35-28(31)32)25(43)39-20(26(44)40-21)13-16-7-8-17-4-1-2-5-18(17)12-16/h1-2,4-5,7-8,12,19-22H,3,6,9-11,13-15H2,(H2,30,42)(H,37,41)(H,38,45)(H,39,43)(H,40,44)(H4,31,32,35)(H4,33,34,36)/t19-,20+,21-,22+/m1/s1. The van der Waals surface area contributed by atoms with E-state index in [2.05, 4.69) is 31.3 Å². The zero-order chi connectivity index (χ0) is 34.3. The summed E-state index contributed by atoms with van der Waals surface area (Å²) >= 11 is 0. The van der Waals surface area contributed by atoms with Gasteiger partial charge in [-0.25, -0.2) is 0 Å². The van der Waals surface area contributed by atoms with Crippen LogP contribution in [0.4, 0.5) is 0 Å². The van der Waals surface area contributed by atoms with Crippen LogP contribution in [0.25, 0.3) is 10.8 Å². The van der Waals surface area contributed by atoms with Gasteiger partial charge in [0.05, 0.1) is 6.54 Å². The van der Waals surface area contributed by atoms with E-state index in [-0.39, 0.29) is 55.8 Å². The molecule has 18 heteroatoms. The molecule has 0 saturated carbocycles. The number of nitrogens with one attached hydrogen (secondary N) is 4. The summed E-state index contributed by atoms with van der Waals surface area (Å²) in [6.07, 6.45) is 0.407. The fourth-order valence-electron chi connectivity index (χ4n) is 4.56. The van der Waals surface area contributed by atoms with E-state index in [4.69, 9.17) is 28.7 Å². The highest BCUT2D eigenvalue weighted by atomic mass is 33.1. The number of hydrogen-bond acceptors (Lipinski definition) is 9. The number of primary amides is 1. The SMILES string of the molecule is NC(=O)[C@H]1CSSC[C@H](NC(=O)CCN=C(N)N)C(=O)N[C@H](CCCN=C(N)N)C(=O)N[C@@H](Cc2ccc3ccccc3c2)C(=O)N1. The van der Waals surface area contributed by atoms with Gasteiger partial charge < -0.3 is 49.9 Å². The largest absolute Gasteiger partial charge is 0.370 e. The molecule has 2 aromatic carbocycles. The number of carbonyl (C=O) groups is 5. The lowest BCUT2D eigenvalue weighted by Crippen LogP contribution is -2.59. The van der Waals surface area contributed by atoms with E-state index < -0.39 is 53.7 Å². The van der Waals surface area contributed by atoms with Crippen LogP contribution in [0.5, 0.6) is 0 Å². The minimum atomic E-state index is -1.13. The van der Waals surface area contributed by atoms with Gasteiger partial charge >= 0.3 is 0 Å². The van der Waals surface area contributed by atoms with Crippen molar-refractivity contribution in [1.29, 1.82) is 0 Å². The van der Waals surface area contributed by atoms with Crippen molar-refractivity contribution in [2.75, 3.05) is 24.6 Å². The maximum atomic E-state index is 13.7. The molecule has 0 spiro atoms. The number of hydrogen-bond donors (Lipinski definition) is 9. The second-order valence-electron chi connectivity index (χ2n) is 10.7. The van der Waals surface area contributed by atoms with Crippen LogP contribution in [0.3, 0.4) is 0 Å². The van der Waals surface area contributed by atoms with Gasteiger partial charge in [0.25, 0.3) is 0 Å². The Morgan fingerprint density at radius 3 is 2.13 bits per heavy atom.